The summed E-state index contributed by atoms with van der Waals surface area (Å²) in [5, 5.41) is 0.565. The van der Waals surface area contributed by atoms with Gasteiger partial charge in [0.05, 0.1) is 22.9 Å². The summed E-state index contributed by atoms with van der Waals surface area (Å²) in [6.45, 7) is 3.60. The molecule has 184 valence electrons. The normalized spacial score (nSPS) is 16.2. The van der Waals surface area contributed by atoms with Crippen molar-refractivity contribution in [3.63, 3.8) is 0 Å². The molecule has 34 heavy (non-hydrogen) atoms. The number of thiazole rings is 1. The molecule has 1 saturated heterocycles. The van der Waals surface area contributed by atoms with Crippen molar-refractivity contribution in [2.24, 2.45) is 5.92 Å². The fraction of sp³-hybridized carbons (Fsp3) is 0.478. The summed E-state index contributed by atoms with van der Waals surface area (Å²) < 4.78 is 55.3. The van der Waals surface area contributed by atoms with Crippen molar-refractivity contribution < 1.29 is 21.6 Å². The van der Waals surface area contributed by atoms with Crippen LogP contribution in [0.25, 0.3) is 21.6 Å². The Hall–Kier alpha value is -2.08. The van der Waals surface area contributed by atoms with Gasteiger partial charge in [0.25, 0.3) is 5.19 Å². The summed E-state index contributed by atoms with van der Waals surface area (Å²) in [6.07, 6.45) is 4.41. The molecule has 0 atom stereocenters. The lowest BCUT2D eigenvalue weighted by atomic mass is 9.95. The third-order valence-electron chi connectivity index (χ3n) is 5.99. The zero-order valence-electron chi connectivity index (χ0n) is 19.3. The maximum atomic E-state index is 12.2. The van der Waals surface area contributed by atoms with Gasteiger partial charge in [0.2, 0.25) is 10.0 Å². The van der Waals surface area contributed by atoms with Crippen molar-refractivity contribution in [2.75, 3.05) is 31.7 Å². The molecule has 0 radical (unpaired) electrons. The van der Waals surface area contributed by atoms with Crippen molar-refractivity contribution in [1.82, 2.24) is 14.3 Å². The van der Waals surface area contributed by atoms with Crippen LogP contribution in [0.3, 0.4) is 0 Å². The van der Waals surface area contributed by atoms with Crippen molar-refractivity contribution in [3.05, 3.63) is 36.4 Å². The number of hydrogen-bond acceptors (Lipinski definition) is 8. The van der Waals surface area contributed by atoms with Crippen LogP contribution in [0.1, 0.15) is 32.6 Å². The van der Waals surface area contributed by atoms with E-state index in [1.165, 1.54) is 17.6 Å². The molecular formula is C23H29N3O5S3. The van der Waals surface area contributed by atoms with Crippen LogP contribution in [0, 0.1) is 5.92 Å². The van der Waals surface area contributed by atoms with Crippen LogP contribution < -0.4 is 4.74 Å². The van der Waals surface area contributed by atoms with Crippen molar-refractivity contribution >= 4 is 41.5 Å². The summed E-state index contributed by atoms with van der Waals surface area (Å²) in [5.74, 6) is 0.669. The Bertz CT molecular complexity index is 1340. The van der Waals surface area contributed by atoms with Crippen LogP contribution in [-0.4, -0.2) is 62.8 Å². The second kappa shape index (κ2) is 10.3. The molecule has 1 aromatic carbocycles. The van der Waals surface area contributed by atoms with E-state index in [1.54, 1.807) is 28.6 Å². The number of pyridine rings is 1. The minimum absolute atomic E-state index is 0.222. The van der Waals surface area contributed by atoms with E-state index < -0.39 is 19.9 Å². The highest BCUT2D eigenvalue weighted by atomic mass is 32.2. The van der Waals surface area contributed by atoms with E-state index in [4.69, 9.17) is 4.74 Å². The average Bonchev–Trinajstić information content (AvgIpc) is 3.21. The molecule has 3 heterocycles. The highest BCUT2D eigenvalue weighted by molar-refractivity contribution is 7.90. The second-order valence-corrected chi connectivity index (χ2v) is 13.6. The summed E-state index contributed by atoms with van der Waals surface area (Å²) in [4.78, 5) is 10.2. The number of sulfonamides is 1. The molecule has 0 bridgehead atoms. The molecule has 1 aliphatic heterocycles. The minimum Gasteiger partial charge on any atom is -0.470 e. The Morgan fingerprint density at radius 1 is 1.03 bits per heavy atom. The molecule has 4 rings (SSSR count). The third kappa shape index (κ3) is 5.94. The molecule has 11 heteroatoms. The number of rotatable bonds is 9. The Labute approximate surface area is 205 Å². The van der Waals surface area contributed by atoms with Crippen LogP contribution in [0.2, 0.25) is 0 Å². The number of hydrogen-bond donors (Lipinski definition) is 0. The van der Waals surface area contributed by atoms with Gasteiger partial charge in [0.15, 0.2) is 9.84 Å². The van der Waals surface area contributed by atoms with Crippen molar-refractivity contribution in [3.8, 4) is 16.5 Å². The molecule has 1 aliphatic rings. The summed E-state index contributed by atoms with van der Waals surface area (Å²) in [6, 6.07) is 10.4. The number of fused-ring (bicyclic) bond motifs is 1. The monoisotopic (exact) mass is 523 g/mol. The Morgan fingerprint density at radius 2 is 1.74 bits per heavy atom. The van der Waals surface area contributed by atoms with Gasteiger partial charge in [-0.2, -0.15) is 0 Å². The van der Waals surface area contributed by atoms with Gasteiger partial charge < -0.3 is 4.74 Å². The molecule has 0 N–H and O–H groups in total. The number of sulfone groups is 1. The fourth-order valence-corrected chi connectivity index (χ4v) is 7.05. The Balaban J connectivity index is 1.33. The number of aromatic nitrogens is 2. The zero-order valence-corrected chi connectivity index (χ0v) is 21.8. The third-order valence-corrected chi connectivity index (χ3v) is 10.1. The standard InChI is InChI=1S/C23H29N3O5S3/c1-3-16-34(29,30)26-13-10-17(11-14-26)12-15-31-23-25-21-9-8-20(24-22(21)32-23)18-4-6-19(7-5-18)33(2,27)28/h4-9,17H,3,10-16H2,1-2H3. The molecular weight excluding hydrogens is 494 g/mol. The largest absolute Gasteiger partial charge is 0.470 e. The van der Waals surface area contributed by atoms with E-state index in [0.717, 1.165) is 40.9 Å². The Kier molecular flexibility index (Phi) is 7.56. The molecule has 3 aromatic rings. The van der Waals surface area contributed by atoms with Crippen molar-refractivity contribution in [2.45, 2.75) is 37.5 Å². The van der Waals surface area contributed by atoms with Gasteiger partial charge in [-0.1, -0.05) is 30.4 Å². The first-order valence-corrected chi connectivity index (χ1v) is 15.7. The molecule has 0 aliphatic carbocycles. The lowest BCUT2D eigenvalue weighted by Gasteiger charge is -2.31. The molecule has 1 fully saturated rings. The minimum atomic E-state index is -3.24. The quantitative estimate of drug-likeness (QED) is 0.417. The lowest BCUT2D eigenvalue weighted by Crippen LogP contribution is -2.39. The second-order valence-electron chi connectivity index (χ2n) is 8.59. The van der Waals surface area contributed by atoms with Crippen LogP contribution in [0.4, 0.5) is 0 Å². The van der Waals surface area contributed by atoms with Gasteiger partial charge in [-0.25, -0.2) is 31.1 Å². The predicted molar refractivity (Wildman–Crippen MR) is 134 cm³/mol. The van der Waals surface area contributed by atoms with Crippen LogP contribution in [0.15, 0.2) is 41.3 Å². The maximum absolute atomic E-state index is 12.2. The molecule has 0 spiro atoms. The van der Waals surface area contributed by atoms with Gasteiger partial charge in [0.1, 0.15) is 10.3 Å². The van der Waals surface area contributed by atoms with Gasteiger partial charge in [-0.05, 0) is 55.9 Å². The summed E-state index contributed by atoms with van der Waals surface area (Å²) in [7, 11) is -6.34. The van der Waals surface area contributed by atoms with E-state index in [-0.39, 0.29) is 10.6 Å². The van der Waals surface area contributed by atoms with Crippen molar-refractivity contribution in [1.29, 1.82) is 0 Å². The number of benzene rings is 1. The highest BCUT2D eigenvalue weighted by Gasteiger charge is 2.27. The Morgan fingerprint density at radius 3 is 2.38 bits per heavy atom. The molecule has 0 saturated carbocycles. The zero-order chi connectivity index (χ0) is 24.3. The van der Waals surface area contributed by atoms with Gasteiger partial charge in [-0.15, -0.1) is 0 Å². The van der Waals surface area contributed by atoms with Crippen LogP contribution in [-0.2, 0) is 19.9 Å². The fourth-order valence-electron chi connectivity index (χ4n) is 4.07. The van der Waals surface area contributed by atoms with E-state index in [0.29, 0.717) is 37.2 Å². The number of piperidine rings is 1. The maximum Gasteiger partial charge on any atom is 0.275 e. The molecule has 0 amide bonds. The van der Waals surface area contributed by atoms with E-state index >= 15 is 0 Å². The van der Waals surface area contributed by atoms with Crippen LogP contribution in [0.5, 0.6) is 5.19 Å². The smallest absolute Gasteiger partial charge is 0.275 e. The van der Waals surface area contributed by atoms with E-state index in [2.05, 4.69) is 9.97 Å². The molecule has 8 nitrogen and oxygen atoms in total. The average molecular weight is 524 g/mol. The molecule has 0 unspecified atom stereocenters. The van der Waals surface area contributed by atoms with E-state index in [1.807, 2.05) is 19.1 Å². The summed E-state index contributed by atoms with van der Waals surface area (Å²) in [5.41, 5.74) is 2.33. The van der Waals surface area contributed by atoms with E-state index in [9.17, 15) is 16.8 Å². The SMILES string of the molecule is CCCS(=O)(=O)N1CCC(CCOc2nc3ccc(-c4ccc(S(C)(=O)=O)cc4)nc3s2)CC1. The lowest BCUT2D eigenvalue weighted by molar-refractivity contribution is 0.219. The summed E-state index contributed by atoms with van der Waals surface area (Å²) >= 11 is 1.38. The van der Waals surface area contributed by atoms with Crippen LogP contribution >= 0.6 is 11.3 Å². The molecule has 2 aromatic heterocycles. The number of ether oxygens (including phenoxy) is 1. The predicted octanol–water partition coefficient (Wildman–Crippen LogP) is 3.98. The highest BCUT2D eigenvalue weighted by Crippen LogP contribution is 2.30. The number of nitrogens with zero attached hydrogens (tertiary/aromatic N) is 3. The van der Waals surface area contributed by atoms with Gasteiger partial charge in [0, 0.05) is 24.9 Å². The first-order chi connectivity index (χ1) is 16.2. The topological polar surface area (TPSA) is 107 Å². The first-order valence-electron chi connectivity index (χ1n) is 11.3. The first kappa shape index (κ1) is 25.0. The van der Waals surface area contributed by atoms with Gasteiger partial charge >= 0.3 is 0 Å². The van der Waals surface area contributed by atoms with Gasteiger partial charge in [-0.3, -0.25) is 0 Å².